The number of allylic oxidation sites excluding steroid dienone is 1. The van der Waals surface area contributed by atoms with Crippen molar-refractivity contribution in [3.63, 3.8) is 0 Å². The number of nitrogens with one attached hydrogen (secondary N) is 2. The average molecular weight is 205 g/mol. The molecule has 0 aliphatic heterocycles. The van der Waals surface area contributed by atoms with E-state index in [1.807, 2.05) is 13.8 Å². The number of carbonyl (C=O) groups is 1. The average Bonchev–Trinajstić information content (AvgIpc) is 2.19. The minimum Gasteiger partial charge on any atom is -0.399 e. The fourth-order valence-corrected chi connectivity index (χ4v) is 0.944. The largest absolute Gasteiger partial charge is 0.399 e. The molecule has 4 heteroatoms. The molecule has 0 saturated carbocycles. The van der Waals surface area contributed by atoms with E-state index in [-0.39, 0.29) is 6.03 Å². The van der Waals surface area contributed by atoms with Crippen molar-refractivity contribution in [3.8, 4) is 0 Å². The monoisotopic (exact) mass is 205 g/mol. The maximum atomic E-state index is 11.3. The van der Waals surface area contributed by atoms with Crippen molar-refractivity contribution in [1.29, 1.82) is 0 Å². The van der Waals surface area contributed by atoms with Crippen LogP contribution in [0.3, 0.4) is 0 Å². The van der Waals surface area contributed by atoms with E-state index < -0.39 is 0 Å². The van der Waals surface area contributed by atoms with Gasteiger partial charge in [0.2, 0.25) is 0 Å². The van der Waals surface area contributed by atoms with Gasteiger partial charge in [0.25, 0.3) is 0 Å². The molecule has 0 atom stereocenters. The van der Waals surface area contributed by atoms with E-state index in [0.29, 0.717) is 11.4 Å². The SMILES string of the molecule is CC(C)=CNC(=O)Nc1ccc(N)cc1. The van der Waals surface area contributed by atoms with Gasteiger partial charge in [0.05, 0.1) is 0 Å². The first kappa shape index (κ1) is 11.1. The number of hydrogen-bond donors (Lipinski definition) is 3. The summed E-state index contributed by atoms with van der Waals surface area (Å²) < 4.78 is 0. The lowest BCUT2D eigenvalue weighted by Gasteiger charge is -2.04. The van der Waals surface area contributed by atoms with E-state index in [9.17, 15) is 4.79 Å². The van der Waals surface area contributed by atoms with Crippen LogP contribution in [0.4, 0.5) is 16.2 Å². The first-order chi connectivity index (χ1) is 7.08. The number of anilines is 2. The van der Waals surface area contributed by atoms with Crippen molar-refractivity contribution in [2.24, 2.45) is 0 Å². The van der Waals surface area contributed by atoms with Crippen LogP contribution in [0.15, 0.2) is 36.0 Å². The Balaban J connectivity index is 2.51. The highest BCUT2D eigenvalue weighted by Gasteiger charge is 1.98. The predicted molar refractivity (Wildman–Crippen MR) is 62.4 cm³/mol. The third-order valence-corrected chi connectivity index (χ3v) is 1.66. The summed E-state index contributed by atoms with van der Waals surface area (Å²) in [5, 5.41) is 5.28. The molecule has 0 heterocycles. The van der Waals surface area contributed by atoms with Crippen molar-refractivity contribution in [3.05, 3.63) is 36.0 Å². The fraction of sp³-hybridized carbons (Fsp3) is 0.182. The maximum Gasteiger partial charge on any atom is 0.323 e. The van der Waals surface area contributed by atoms with Gasteiger partial charge < -0.3 is 16.4 Å². The standard InChI is InChI=1S/C11H15N3O/c1-8(2)7-13-11(15)14-10-5-3-9(12)4-6-10/h3-7H,12H2,1-2H3,(H2,13,14,15). The molecule has 1 aromatic carbocycles. The van der Waals surface area contributed by atoms with Crippen molar-refractivity contribution < 1.29 is 4.79 Å². The second kappa shape index (κ2) is 5.05. The van der Waals surface area contributed by atoms with E-state index >= 15 is 0 Å². The van der Waals surface area contributed by atoms with Crippen LogP contribution in [0.1, 0.15) is 13.8 Å². The zero-order valence-electron chi connectivity index (χ0n) is 8.87. The highest BCUT2D eigenvalue weighted by molar-refractivity contribution is 5.90. The Labute approximate surface area is 89.2 Å². The number of urea groups is 1. The minimum atomic E-state index is -0.263. The lowest BCUT2D eigenvalue weighted by atomic mass is 10.3. The summed E-state index contributed by atoms with van der Waals surface area (Å²) in [5.74, 6) is 0. The molecule has 1 rings (SSSR count). The molecule has 0 aliphatic rings. The summed E-state index contributed by atoms with van der Waals surface area (Å²) in [6.07, 6.45) is 1.65. The zero-order valence-corrected chi connectivity index (χ0v) is 8.87. The van der Waals surface area contributed by atoms with Crippen LogP contribution in [0.5, 0.6) is 0 Å². The Hall–Kier alpha value is -1.97. The molecule has 4 nitrogen and oxygen atoms in total. The molecule has 15 heavy (non-hydrogen) atoms. The number of carbonyl (C=O) groups excluding carboxylic acids is 1. The third kappa shape index (κ3) is 4.17. The predicted octanol–water partition coefficient (Wildman–Crippen LogP) is 2.31. The maximum absolute atomic E-state index is 11.3. The summed E-state index contributed by atoms with van der Waals surface area (Å²) in [7, 11) is 0. The molecule has 0 spiro atoms. The normalized spacial score (nSPS) is 9.20. The van der Waals surface area contributed by atoms with Crippen LogP contribution in [0.2, 0.25) is 0 Å². The van der Waals surface area contributed by atoms with Gasteiger partial charge >= 0.3 is 6.03 Å². The molecular formula is C11H15N3O. The van der Waals surface area contributed by atoms with Crippen LogP contribution >= 0.6 is 0 Å². The Kier molecular flexibility index (Phi) is 3.74. The van der Waals surface area contributed by atoms with Crippen LogP contribution in [-0.4, -0.2) is 6.03 Å². The molecule has 2 amide bonds. The molecule has 0 bridgehead atoms. The smallest absolute Gasteiger partial charge is 0.323 e. The zero-order chi connectivity index (χ0) is 11.3. The summed E-state index contributed by atoms with van der Waals surface area (Å²) >= 11 is 0. The lowest BCUT2D eigenvalue weighted by molar-refractivity contribution is 0.255. The van der Waals surface area contributed by atoms with Crippen molar-refractivity contribution in [1.82, 2.24) is 5.32 Å². The van der Waals surface area contributed by atoms with E-state index in [1.54, 1.807) is 30.5 Å². The topological polar surface area (TPSA) is 67.2 Å². The van der Waals surface area contributed by atoms with E-state index in [1.165, 1.54) is 0 Å². The Morgan fingerprint density at radius 3 is 2.40 bits per heavy atom. The second-order valence-electron chi connectivity index (χ2n) is 3.44. The number of hydrogen-bond acceptors (Lipinski definition) is 2. The Morgan fingerprint density at radius 1 is 1.27 bits per heavy atom. The molecule has 0 unspecified atom stereocenters. The third-order valence-electron chi connectivity index (χ3n) is 1.66. The molecule has 0 fully saturated rings. The number of nitrogens with two attached hydrogens (primary N) is 1. The minimum absolute atomic E-state index is 0.263. The molecular weight excluding hydrogens is 190 g/mol. The van der Waals surface area contributed by atoms with Crippen LogP contribution < -0.4 is 16.4 Å². The number of rotatable bonds is 2. The second-order valence-corrected chi connectivity index (χ2v) is 3.44. The van der Waals surface area contributed by atoms with Gasteiger partial charge in [-0.15, -0.1) is 0 Å². The number of benzene rings is 1. The van der Waals surface area contributed by atoms with Gasteiger partial charge in [-0.25, -0.2) is 4.79 Å². The first-order valence-electron chi connectivity index (χ1n) is 4.64. The van der Waals surface area contributed by atoms with Crippen LogP contribution in [-0.2, 0) is 0 Å². The molecule has 80 valence electrons. The molecule has 0 radical (unpaired) electrons. The fourth-order valence-electron chi connectivity index (χ4n) is 0.944. The molecule has 0 aromatic heterocycles. The molecule has 0 aliphatic carbocycles. The summed E-state index contributed by atoms with van der Waals surface area (Å²) in [6.45, 7) is 3.81. The molecule has 1 aromatic rings. The van der Waals surface area contributed by atoms with Gasteiger partial charge in [0.1, 0.15) is 0 Å². The Bertz CT molecular complexity index is 364. The summed E-state index contributed by atoms with van der Waals surface area (Å²) in [4.78, 5) is 11.3. The summed E-state index contributed by atoms with van der Waals surface area (Å²) in [5.41, 5.74) is 7.93. The Morgan fingerprint density at radius 2 is 1.87 bits per heavy atom. The van der Waals surface area contributed by atoms with Gasteiger partial charge in [0.15, 0.2) is 0 Å². The molecule has 4 N–H and O–H groups in total. The van der Waals surface area contributed by atoms with E-state index in [2.05, 4.69) is 10.6 Å². The van der Waals surface area contributed by atoms with Crippen LogP contribution in [0.25, 0.3) is 0 Å². The lowest BCUT2D eigenvalue weighted by Crippen LogP contribution is -2.24. The first-order valence-corrected chi connectivity index (χ1v) is 4.64. The van der Waals surface area contributed by atoms with Crippen LogP contribution in [0, 0.1) is 0 Å². The van der Waals surface area contributed by atoms with Gasteiger partial charge in [-0.1, -0.05) is 5.57 Å². The number of nitrogen functional groups attached to an aromatic ring is 1. The number of amides is 2. The van der Waals surface area contributed by atoms with Gasteiger partial charge in [-0.05, 0) is 38.1 Å². The van der Waals surface area contributed by atoms with Gasteiger partial charge in [-0.3, -0.25) is 0 Å². The van der Waals surface area contributed by atoms with Crippen molar-refractivity contribution in [2.75, 3.05) is 11.1 Å². The highest BCUT2D eigenvalue weighted by Crippen LogP contribution is 2.09. The van der Waals surface area contributed by atoms with Crippen molar-refractivity contribution in [2.45, 2.75) is 13.8 Å². The van der Waals surface area contributed by atoms with Crippen molar-refractivity contribution >= 4 is 17.4 Å². The van der Waals surface area contributed by atoms with E-state index in [4.69, 9.17) is 5.73 Å². The quantitative estimate of drug-likeness (QED) is 0.648. The highest BCUT2D eigenvalue weighted by atomic mass is 16.2. The van der Waals surface area contributed by atoms with Gasteiger partial charge in [0, 0.05) is 17.6 Å². The van der Waals surface area contributed by atoms with E-state index in [0.717, 1.165) is 5.57 Å². The summed E-state index contributed by atoms with van der Waals surface area (Å²) in [6, 6.07) is 6.70. The molecule has 0 saturated heterocycles. The van der Waals surface area contributed by atoms with Gasteiger partial charge in [-0.2, -0.15) is 0 Å².